The summed E-state index contributed by atoms with van der Waals surface area (Å²) in [5.41, 5.74) is 2.50. The lowest BCUT2D eigenvalue weighted by molar-refractivity contribution is 0.0224. The van der Waals surface area contributed by atoms with Crippen molar-refractivity contribution in [3.8, 4) is 0 Å². The predicted octanol–water partition coefficient (Wildman–Crippen LogP) is 2.67. The van der Waals surface area contributed by atoms with E-state index in [4.69, 9.17) is 9.73 Å². The standard InChI is InChI=1S/C23H33N7O/c1-2-22-29-28-17-30(22)13-12-25-23(27-16-19-7-5-6-14-31-19)24-11-10-18-15-26-21-9-4-3-8-20(18)21/h3-4,8-9,15,17,19,26H,2,5-7,10-14,16H2,1H3,(H2,24,25,27). The van der Waals surface area contributed by atoms with Crippen molar-refractivity contribution in [2.24, 2.45) is 4.99 Å². The van der Waals surface area contributed by atoms with Crippen LogP contribution in [0.5, 0.6) is 0 Å². The van der Waals surface area contributed by atoms with Crippen LogP contribution in [0, 0.1) is 0 Å². The van der Waals surface area contributed by atoms with Crippen molar-refractivity contribution in [2.75, 3.05) is 26.2 Å². The maximum Gasteiger partial charge on any atom is 0.191 e. The van der Waals surface area contributed by atoms with Crippen LogP contribution in [0.4, 0.5) is 0 Å². The quantitative estimate of drug-likeness (QED) is 0.364. The fraction of sp³-hybridized carbons (Fsp3) is 0.522. The fourth-order valence-electron chi connectivity index (χ4n) is 4.01. The molecule has 1 aromatic carbocycles. The topological polar surface area (TPSA) is 92.2 Å². The van der Waals surface area contributed by atoms with E-state index in [9.17, 15) is 0 Å². The molecule has 8 heteroatoms. The summed E-state index contributed by atoms with van der Waals surface area (Å²) < 4.78 is 7.93. The zero-order chi connectivity index (χ0) is 21.3. The van der Waals surface area contributed by atoms with Crippen molar-refractivity contribution in [2.45, 2.75) is 51.7 Å². The lowest BCUT2D eigenvalue weighted by Crippen LogP contribution is -2.40. The molecule has 31 heavy (non-hydrogen) atoms. The van der Waals surface area contributed by atoms with E-state index in [2.05, 4.69) is 67.8 Å². The molecule has 1 aliphatic rings. The third-order valence-electron chi connectivity index (χ3n) is 5.75. The molecule has 1 fully saturated rings. The molecule has 3 N–H and O–H groups in total. The highest BCUT2D eigenvalue weighted by Gasteiger charge is 2.13. The predicted molar refractivity (Wildman–Crippen MR) is 123 cm³/mol. The number of guanidine groups is 1. The number of hydrogen-bond acceptors (Lipinski definition) is 4. The van der Waals surface area contributed by atoms with Crippen LogP contribution >= 0.6 is 0 Å². The van der Waals surface area contributed by atoms with Gasteiger partial charge in [-0.2, -0.15) is 0 Å². The maximum absolute atomic E-state index is 5.85. The molecule has 0 amide bonds. The van der Waals surface area contributed by atoms with Gasteiger partial charge in [-0.15, -0.1) is 10.2 Å². The van der Waals surface area contributed by atoms with Gasteiger partial charge in [0, 0.05) is 49.8 Å². The van der Waals surface area contributed by atoms with Gasteiger partial charge < -0.3 is 24.9 Å². The second kappa shape index (κ2) is 10.9. The minimum atomic E-state index is 0.227. The second-order valence-electron chi connectivity index (χ2n) is 7.94. The van der Waals surface area contributed by atoms with Crippen molar-refractivity contribution < 1.29 is 4.74 Å². The van der Waals surface area contributed by atoms with Gasteiger partial charge in [0.15, 0.2) is 5.96 Å². The molecule has 0 saturated carbocycles. The second-order valence-corrected chi connectivity index (χ2v) is 7.94. The minimum absolute atomic E-state index is 0.227. The number of rotatable bonds is 9. The highest BCUT2D eigenvalue weighted by Crippen LogP contribution is 2.17. The Bertz CT molecular complexity index is 971. The van der Waals surface area contributed by atoms with E-state index < -0.39 is 0 Å². The van der Waals surface area contributed by atoms with Gasteiger partial charge in [-0.25, -0.2) is 0 Å². The largest absolute Gasteiger partial charge is 0.376 e. The van der Waals surface area contributed by atoms with Crippen LogP contribution in [-0.4, -0.2) is 58.1 Å². The van der Waals surface area contributed by atoms with Crippen molar-refractivity contribution in [3.63, 3.8) is 0 Å². The molecule has 4 rings (SSSR count). The first kappa shape index (κ1) is 21.4. The molecule has 1 unspecified atom stereocenters. The Kier molecular flexibility index (Phi) is 7.55. The molecule has 1 aliphatic heterocycles. The van der Waals surface area contributed by atoms with E-state index in [1.807, 2.05) is 0 Å². The van der Waals surface area contributed by atoms with Crippen molar-refractivity contribution >= 4 is 16.9 Å². The molecule has 1 saturated heterocycles. The van der Waals surface area contributed by atoms with Crippen molar-refractivity contribution in [1.29, 1.82) is 0 Å². The number of aromatic amines is 1. The Labute approximate surface area is 183 Å². The molecular weight excluding hydrogens is 390 g/mol. The van der Waals surface area contributed by atoms with E-state index in [1.165, 1.54) is 22.9 Å². The lowest BCUT2D eigenvalue weighted by Gasteiger charge is -2.21. The summed E-state index contributed by atoms with van der Waals surface area (Å²) >= 11 is 0. The van der Waals surface area contributed by atoms with Gasteiger partial charge in [-0.1, -0.05) is 25.1 Å². The number of para-hydroxylation sites is 1. The maximum atomic E-state index is 5.85. The van der Waals surface area contributed by atoms with Gasteiger partial charge in [0.1, 0.15) is 12.2 Å². The molecule has 2 aromatic heterocycles. The fourth-order valence-corrected chi connectivity index (χ4v) is 4.01. The highest BCUT2D eigenvalue weighted by molar-refractivity contribution is 5.83. The summed E-state index contributed by atoms with van der Waals surface area (Å²) in [4.78, 5) is 8.16. The van der Waals surface area contributed by atoms with E-state index in [1.54, 1.807) is 6.33 Å². The molecule has 0 bridgehead atoms. The molecule has 166 valence electrons. The normalized spacial score (nSPS) is 17.2. The molecule has 8 nitrogen and oxygen atoms in total. The van der Waals surface area contributed by atoms with Crippen LogP contribution in [0.1, 0.15) is 37.6 Å². The number of nitrogens with zero attached hydrogens (tertiary/aromatic N) is 4. The van der Waals surface area contributed by atoms with Crippen LogP contribution in [0.2, 0.25) is 0 Å². The first-order chi connectivity index (χ1) is 15.3. The number of aliphatic imine (C=N–C) groups is 1. The molecule has 3 aromatic rings. The highest BCUT2D eigenvalue weighted by atomic mass is 16.5. The third-order valence-corrected chi connectivity index (χ3v) is 5.75. The summed E-state index contributed by atoms with van der Waals surface area (Å²) in [6.07, 6.45) is 9.40. The molecule has 1 atom stereocenters. The Balaban J connectivity index is 1.33. The lowest BCUT2D eigenvalue weighted by atomic mass is 10.1. The van der Waals surface area contributed by atoms with E-state index in [0.717, 1.165) is 63.7 Å². The van der Waals surface area contributed by atoms with E-state index in [0.29, 0.717) is 6.54 Å². The van der Waals surface area contributed by atoms with Crippen molar-refractivity contribution in [1.82, 2.24) is 30.4 Å². The number of hydrogen-bond donors (Lipinski definition) is 3. The monoisotopic (exact) mass is 423 g/mol. The van der Waals surface area contributed by atoms with Gasteiger partial charge in [0.25, 0.3) is 0 Å². The number of ether oxygens (including phenoxy) is 1. The Hall–Kier alpha value is -2.87. The summed E-state index contributed by atoms with van der Waals surface area (Å²) in [7, 11) is 0. The number of nitrogens with one attached hydrogen (secondary N) is 3. The third kappa shape index (κ3) is 5.85. The van der Waals surface area contributed by atoms with Crippen LogP contribution in [0.3, 0.4) is 0 Å². The first-order valence-corrected chi connectivity index (χ1v) is 11.4. The Morgan fingerprint density at radius 2 is 2.16 bits per heavy atom. The number of aromatic nitrogens is 4. The Morgan fingerprint density at radius 1 is 1.26 bits per heavy atom. The average Bonchev–Trinajstić information content (AvgIpc) is 3.44. The van der Waals surface area contributed by atoms with Gasteiger partial charge in [-0.05, 0) is 37.3 Å². The molecule has 0 spiro atoms. The number of benzene rings is 1. The van der Waals surface area contributed by atoms with Crippen LogP contribution in [0.15, 0.2) is 41.8 Å². The van der Waals surface area contributed by atoms with Crippen LogP contribution < -0.4 is 10.6 Å². The van der Waals surface area contributed by atoms with E-state index in [-0.39, 0.29) is 6.10 Å². The van der Waals surface area contributed by atoms with Gasteiger partial charge in [-0.3, -0.25) is 4.99 Å². The zero-order valence-corrected chi connectivity index (χ0v) is 18.3. The van der Waals surface area contributed by atoms with Gasteiger partial charge in [0.2, 0.25) is 0 Å². The van der Waals surface area contributed by atoms with Crippen LogP contribution in [-0.2, 0) is 24.1 Å². The first-order valence-electron chi connectivity index (χ1n) is 11.4. The van der Waals surface area contributed by atoms with Crippen molar-refractivity contribution in [3.05, 3.63) is 48.2 Å². The molecule has 3 heterocycles. The zero-order valence-electron chi connectivity index (χ0n) is 18.3. The average molecular weight is 424 g/mol. The molecule has 0 aliphatic carbocycles. The van der Waals surface area contributed by atoms with Gasteiger partial charge in [0.05, 0.1) is 12.6 Å². The number of H-pyrrole nitrogens is 1. The summed E-state index contributed by atoms with van der Waals surface area (Å²) in [5.74, 6) is 1.84. The van der Waals surface area contributed by atoms with E-state index >= 15 is 0 Å². The van der Waals surface area contributed by atoms with Crippen LogP contribution in [0.25, 0.3) is 10.9 Å². The minimum Gasteiger partial charge on any atom is -0.376 e. The summed E-state index contributed by atoms with van der Waals surface area (Å²) in [6, 6.07) is 8.42. The summed E-state index contributed by atoms with van der Waals surface area (Å²) in [5, 5.41) is 16.4. The van der Waals surface area contributed by atoms with Gasteiger partial charge >= 0.3 is 0 Å². The number of fused-ring (bicyclic) bond motifs is 1. The number of aryl methyl sites for hydroxylation is 1. The SMILES string of the molecule is CCc1nncn1CCNC(=NCC1CCCCO1)NCCc1c[nH]c2ccccc12. The Morgan fingerprint density at radius 3 is 3.03 bits per heavy atom. The molecular formula is C23H33N7O. The summed E-state index contributed by atoms with van der Waals surface area (Å²) in [6.45, 7) is 6.01. The molecule has 0 radical (unpaired) electrons. The smallest absolute Gasteiger partial charge is 0.191 e.